The van der Waals surface area contributed by atoms with Crippen LogP contribution in [-0.2, 0) is 38.1 Å². The second-order valence-electron chi connectivity index (χ2n) is 18.6. The van der Waals surface area contributed by atoms with E-state index >= 15 is 0 Å². The van der Waals surface area contributed by atoms with Gasteiger partial charge in [-0.1, -0.05) is 45.8 Å². The van der Waals surface area contributed by atoms with E-state index in [1.54, 1.807) is 13.8 Å². The largest absolute Gasteiger partial charge is 0.458 e. The first kappa shape index (κ1) is 40.8. The molecule has 0 aromatic rings. The molecule has 1 saturated heterocycles. The second kappa shape index (κ2) is 13.7. The van der Waals surface area contributed by atoms with Gasteiger partial charge in [0.1, 0.15) is 24.1 Å². The number of aliphatic hydroxyl groups excluding tert-OH is 2. The summed E-state index contributed by atoms with van der Waals surface area (Å²) in [5.74, 6) is -2.33. The van der Waals surface area contributed by atoms with E-state index < -0.39 is 94.0 Å². The van der Waals surface area contributed by atoms with Crippen LogP contribution in [0.1, 0.15) is 127 Å². The number of aliphatic hydroxyl groups is 4. The fourth-order valence-electron chi connectivity index (χ4n) is 11.8. The molecule has 13 unspecified atom stereocenters. The number of carbonyl (C=O) groups is 4. The molecule has 2 saturated carbocycles. The Morgan fingerprint density at radius 3 is 2.15 bits per heavy atom. The first-order valence-corrected chi connectivity index (χ1v) is 19.0. The standard InChI is InChI=1S/C40H62O12/c1-21(42)49-32-27(51-33(46)31(45)39(9,48)17-18-41)20-37(7)26-19-29(44)40(10)24(15-16-38(40,8)25(26)12-13-28(37)35(32,3)4)23-11-14-30(36(5,6)47)52-34(23)50-22(2)43/h18,23-24,27-32,34,44-45,47-48H,11-17,19-20H2,1-10H3. The zero-order valence-electron chi connectivity index (χ0n) is 32.7. The number of allylic oxidation sites excluding steroid dienone is 1. The minimum Gasteiger partial charge on any atom is -0.458 e. The first-order chi connectivity index (χ1) is 23.9. The van der Waals surface area contributed by atoms with Gasteiger partial charge in [0, 0.05) is 37.0 Å². The molecule has 12 heteroatoms. The third-order valence-corrected chi connectivity index (χ3v) is 14.6. The van der Waals surface area contributed by atoms with E-state index in [1.807, 2.05) is 13.8 Å². The van der Waals surface area contributed by atoms with Crippen molar-refractivity contribution in [3.8, 4) is 0 Å². The number of fused-ring (bicyclic) bond motifs is 4. The highest BCUT2D eigenvalue weighted by Crippen LogP contribution is 2.73. The van der Waals surface area contributed by atoms with Crippen LogP contribution in [-0.4, -0.2) is 92.6 Å². The van der Waals surface area contributed by atoms with Gasteiger partial charge in [-0.05, 0) is 94.8 Å². The summed E-state index contributed by atoms with van der Waals surface area (Å²) in [7, 11) is 0. The van der Waals surface area contributed by atoms with Crippen molar-refractivity contribution in [3.05, 3.63) is 11.1 Å². The van der Waals surface area contributed by atoms with Crippen LogP contribution in [0, 0.1) is 39.4 Å². The Labute approximate surface area is 308 Å². The van der Waals surface area contributed by atoms with Gasteiger partial charge in [0.2, 0.25) is 6.29 Å². The normalized spacial score (nSPS) is 41.7. The summed E-state index contributed by atoms with van der Waals surface area (Å²) < 4.78 is 24.0. The molecule has 1 heterocycles. The fraction of sp³-hybridized carbons (Fsp3) is 0.850. The summed E-state index contributed by atoms with van der Waals surface area (Å²) in [5.41, 5.74) is -3.05. The molecule has 4 N–H and O–H groups in total. The Bertz CT molecular complexity index is 1460. The van der Waals surface area contributed by atoms with Gasteiger partial charge >= 0.3 is 17.9 Å². The van der Waals surface area contributed by atoms with Gasteiger partial charge < -0.3 is 44.2 Å². The van der Waals surface area contributed by atoms with Gasteiger partial charge in [-0.15, -0.1) is 0 Å². The third kappa shape index (κ3) is 6.56. The molecule has 5 aliphatic rings. The van der Waals surface area contributed by atoms with Crippen LogP contribution in [0.3, 0.4) is 0 Å². The predicted molar refractivity (Wildman–Crippen MR) is 188 cm³/mol. The highest BCUT2D eigenvalue weighted by Gasteiger charge is 2.69. The third-order valence-electron chi connectivity index (χ3n) is 14.6. The van der Waals surface area contributed by atoms with Crippen molar-refractivity contribution in [2.24, 2.45) is 39.4 Å². The number of aldehydes is 1. The molecule has 52 heavy (non-hydrogen) atoms. The molecule has 4 aliphatic carbocycles. The number of carbonyl (C=O) groups excluding carboxylic acids is 4. The topological polar surface area (TPSA) is 186 Å². The number of hydrogen-bond acceptors (Lipinski definition) is 12. The quantitative estimate of drug-likeness (QED) is 0.114. The highest BCUT2D eigenvalue weighted by molar-refractivity contribution is 5.77. The average molecular weight is 735 g/mol. The number of hydrogen-bond donors (Lipinski definition) is 4. The molecular weight excluding hydrogens is 672 g/mol. The average Bonchev–Trinajstić information content (AvgIpc) is 3.30. The van der Waals surface area contributed by atoms with Gasteiger partial charge in [0.25, 0.3) is 0 Å². The van der Waals surface area contributed by atoms with Gasteiger partial charge in [-0.3, -0.25) is 9.59 Å². The van der Waals surface area contributed by atoms with Crippen LogP contribution in [0.15, 0.2) is 11.1 Å². The SMILES string of the molecule is CC(=O)OC1OC(C(C)(C)O)CCC1C1CCC2(C)C3=C(CC(O)C12C)C1(C)CC(OC(=O)C(O)C(C)(O)CC=O)C(OC(C)=O)C(C)(C)C1CC3. The van der Waals surface area contributed by atoms with Gasteiger partial charge in [-0.25, -0.2) is 4.79 Å². The Morgan fingerprint density at radius 1 is 0.942 bits per heavy atom. The zero-order chi connectivity index (χ0) is 39.0. The molecular formula is C40H62O12. The Kier molecular flexibility index (Phi) is 10.8. The number of ether oxygens (including phenoxy) is 4. The molecule has 1 aliphatic heterocycles. The van der Waals surface area contributed by atoms with Crippen LogP contribution >= 0.6 is 0 Å². The molecule has 0 aromatic heterocycles. The lowest BCUT2D eigenvalue weighted by Crippen LogP contribution is -2.63. The maximum atomic E-state index is 13.4. The van der Waals surface area contributed by atoms with Crippen LogP contribution in [0.25, 0.3) is 0 Å². The van der Waals surface area contributed by atoms with E-state index in [2.05, 4.69) is 20.8 Å². The summed E-state index contributed by atoms with van der Waals surface area (Å²) in [6.07, 6.45) is -0.939. The summed E-state index contributed by atoms with van der Waals surface area (Å²) in [4.78, 5) is 49.3. The van der Waals surface area contributed by atoms with Crippen molar-refractivity contribution in [2.45, 2.75) is 175 Å². The van der Waals surface area contributed by atoms with Gasteiger partial charge in [0.15, 0.2) is 6.10 Å². The number of esters is 3. The Balaban J connectivity index is 1.53. The van der Waals surface area contributed by atoms with E-state index in [4.69, 9.17) is 18.9 Å². The first-order valence-electron chi connectivity index (χ1n) is 19.0. The van der Waals surface area contributed by atoms with Crippen LogP contribution in [0.4, 0.5) is 0 Å². The number of rotatable bonds is 9. The van der Waals surface area contributed by atoms with Crippen molar-refractivity contribution < 1.29 is 58.6 Å². The molecule has 0 spiro atoms. The molecule has 13 atom stereocenters. The summed E-state index contributed by atoms with van der Waals surface area (Å²) in [6.45, 7) is 17.8. The fourth-order valence-corrected chi connectivity index (χ4v) is 11.8. The predicted octanol–water partition coefficient (Wildman–Crippen LogP) is 4.32. The lowest BCUT2D eigenvalue weighted by atomic mass is 9.42. The Hall–Kier alpha value is -2.38. The van der Waals surface area contributed by atoms with Gasteiger partial charge in [0.05, 0.1) is 17.8 Å². The molecule has 0 bridgehead atoms. The minimum absolute atomic E-state index is 0.0163. The highest BCUT2D eigenvalue weighted by atomic mass is 16.7. The van der Waals surface area contributed by atoms with E-state index in [9.17, 15) is 39.6 Å². The van der Waals surface area contributed by atoms with Crippen molar-refractivity contribution in [1.82, 2.24) is 0 Å². The summed E-state index contributed by atoms with van der Waals surface area (Å²) >= 11 is 0. The van der Waals surface area contributed by atoms with Crippen molar-refractivity contribution in [2.75, 3.05) is 0 Å². The monoisotopic (exact) mass is 734 g/mol. The van der Waals surface area contributed by atoms with Crippen molar-refractivity contribution in [3.63, 3.8) is 0 Å². The molecule has 3 fully saturated rings. The lowest BCUT2D eigenvalue weighted by molar-refractivity contribution is -0.261. The molecule has 5 rings (SSSR count). The van der Waals surface area contributed by atoms with Crippen LogP contribution in [0.5, 0.6) is 0 Å². The molecule has 294 valence electrons. The van der Waals surface area contributed by atoms with Crippen LogP contribution < -0.4 is 0 Å². The van der Waals surface area contributed by atoms with Crippen molar-refractivity contribution >= 4 is 24.2 Å². The molecule has 0 amide bonds. The smallest absolute Gasteiger partial charge is 0.338 e. The maximum absolute atomic E-state index is 13.4. The second-order valence-corrected chi connectivity index (χ2v) is 18.6. The van der Waals surface area contributed by atoms with Gasteiger partial charge in [-0.2, -0.15) is 0 Å². The Morgan fingerprint density at radius 2 is 1.58 bits per heavy atom. The van der Waals surface area contributed by atoms with E-state index in [1.165, 1.54) is 26.3 Å². The molecule has 0 aromatic carbocycles. The van der Waals surface area contributed by atoms with Crippen molar-refractivity contribution in [1.29, 1.82) is 0 Å². The summed E-state index contributed by atoms with van der Waals surface area (Å²) in [6, 6.07) is 0. The molecule has 0 radical (unpaired) electrons. The van der Waals surface area contributed by atoms with E-state index in [0.29, 0.717) is 25.5 Å². The molecule has 12 nitrogen and oxygen atoms in total. The maximum Gasteiger partial charge on any atom is 0.338 e. The van der Waals surface area contributed by atoms with Crippen LogP contribution in [0.2, 0.25) is 0 Å². The van der Waals surface area contributed by atoms with E-state index in [0.717, 1.165) is 31.3 Å². The zero-order valence-corrected chi connectivity index (χ0v) is 32.7. The lowest BCUT2D eigenvalue weighted by Gasteiger charge is -2.64. The van der Waals surface area contributed by atoms with E-state index in [-0.39, 0.29) is 24.2 Å². The summed E-state index contributed by atoms with van der Waals surface area (Å²) in [5, 5.41) is 44.6. The minimum atomic E-state index is -2.05.